The minimum absolute atomic E-state index is 0.0297. The van der Waals surface area contributed by atoms with Crippen molar-refractivity contribution in [2.24, 2.45) is 0 Å². The van der Waals surface area contributed by atoms with Crippen LogP contribution in [0.25, 0.3) is 0 Å². The Kier molecular flexibility index (Phi) is 49.4. The Morgan fingerprint density at radius 3 is 1.19 bits per heavy atom. The van der Waals surface area contributed by atoms with E-state index in [2.05, 4.69) is 62.5 Å². The Bertz CT molecular complexity index is 1310. The number of carbonyl (C=O) groups is 2. The van der Waals surface area contributed by atoms with Crippen LogP contribution in [0.2, 0.25) is 0 Å². The van der Waals surface area contributed by atoms with Crippen LogP contribution in [0.15, 0.2) is 48.6 Å². The van der Waals surface area contributed by atoms with E-state index in [4.69, 9.17) is 18.5 Å². The highest BCUT2D eigenvalue weighted by Crippen LogP contribution is 2.43. The number of likely N-dealkylation sites (N-methyl/N-ethyl adjacent to an activating group) is 1. The summed E-state index contributed by atoms with van der Waals surface area (Å²) >= 11 is 0. The highest BCUT2D eigenvalue weighted by Gasteiger charge is 2.27. The van der Waals surface area contributed by atoms with E-state index in [-0.39, 0.29) is 32.0 Å². The van der Waals surface area contributed by atoms with Gasteiger partial charge in [-0.3, -0.25) is 18.6 Å². The van der Waals surface area contributed by atoms with Gasteiger partial charge in [0, 0.05) is 12.8 Å². The molecule has 0 aliphatic carbocycles. The lowest BCUT2D eigenvalue weighted by Gasteiger charge is -2.24. The number of allylic oxidation sites excluding steroid dienone is 8. The second-order valence-corrected chi connectivity index (χ2v) is 22.1. The number of nitrogens with zero attached hydrogens (tertiary/aromatic N) is 1. The first-order valence-corrected chi connectivity index (χ1v) is 30.4. The van der Waals surface area contributed by atoms with E-state index < -0.39 is 26.5 Å². The average molecular weight is 994 g/mol. The maximum Gasteiger partial charge on any atom is 0.472 e. The van der Waals surface area contributed by atoms with Crippen LogP contribution in [0.3, 0.4) is 0 Å². The van der Waals surface area contributed by atoms with Gasteiger partial charge in [-0.1, -0.05) is 229 Å². The standard InChI is InChI=1S/C59H110NO8P/c1-6-8-10-12-14-16-18-20-22-23-24-25-26-27-28-29-30-31-32-33-34-35-36-37-38-40-42-44-46-48-50-52-59(62)68-57(56-67-69(63,64)66-54-53-60(3,4)5)55-65-58(61)51-49-47-45-43-41-39-21-19-17-15-13-11-9-7-2/h13,15,18-21,23-24,57H,6-12,14,16-17,22,25-56H2,1-5H3/p+1/b15-13-,20-18-,21-19-,24-23-. The van der Waals surface area contributed by atoms with Gasteiger partial charge in [0.05, 0.1) is 27.7 Å². The van der Waals surface area contributed by atoms with Crippen molar-refractivity contribution in [2.45, 2.75) is 270 Å². The van der Waals surface area contributed by atoms with Crippen LogP contribution in [-0.2, 0) is 32.7 Å². The quantitative estimate of drug-likeness (QED) is 0.0211. The number of rotatable bonds is 53. The molecule has 69 heavy (non-hydrogen) atoms. The van der Waals surface area contributed by atoms with E-state index >= 15 is 0 Å². The zero-order valence-electron chi connectivity index (χ0n) is 45.8. The monoisotopic (exact) mass is 993 g/mol. The van der Waals surface area contributed by atoms with Crippen molar-refractivity contribution < 1.29 is 42.1 Å². The van der Waals surface area contributed by atoms with Gasteiger partial charge in [0.2, 0.25) is 0 Å². The molecular weight excluding hydrogens is 882 g/mol. The van der Waals surface area contributed by atoms with E-state index in [1.807, 2.05) is 21.1 Å². The Balaban J connectivity index is 4.04. The second-order valence-electron chi connectivity index (χ2n) is 20.7. The lowest BCUT2D eigenvalue weighted by atomic mass is 10.0. The fourth-order valence-corrected chi connectivity index (χ4v) is 8.80. The number of hydrogen-bond donors (Lipinski definition) is 1. The zero-order valence-corrected chi connectivity index (χ0v) is 46.7. The third-order valence-electron chi connectivity index (χ3n) is 12.6. The molecule has 10 heteroatoms. The van der Waals surface area contributed by atoms with Crippen LogP contribution in [-0.4, -0.2) is 74.9 Å². The summed E-state index contributed by atoms with van der Waals surface area (Å²) in [6.07, 6.45) is 63.3. The lowest BCUT2D eigenvalue weighted by Crippen LogP contribution is -2.37. The van der Waals surface area contributed by atoms with Gasteiger partial charge in [-0.25, -0.2) is 4.57 Å². The molecule has 0 radical (unpaired) electrons. The molecular formula is C59H111NO8P+. The zero-order chi connectivity index (χ0) is 50.6. The molecule has 0 saturated heterocycles. The molecule has 0 aliphatic rings. The Labute approximate surface area is 426 Å². The van der Waals surface area contributed by atoms with Crippen LogP contribution >= 0.6 is 7.82 Å². The lowest BCUT2D eigenvalue weighted by molar-refractivity contribution is -0.870. The maximum absolute atomic E-state index is 12.8. The summed E-state index contributed by atoms with van der Waals surface area (Å²) in [6, 6.07) is 0. The van der Waals surface area contributed by atoms with Gasteiger partial charge in [0.25, 0.3) is 0 Å². The molecule has 0 aromatic heterocycles. The van der Waals surface area contributed by atoms with Crippen molar-refractivity contribution in [3.05, 3.63) is 48.6 Å². The van der Waals surface area contributed by atoms with Gasteiger partial charge in [0.1, 0.15) is 19.8 Å². The van der Waals surface area contributed by atoms with E-state index in [0.29, 0.717) is 17.4 Å². The summed E-state index contributed by atoms with van der Waals surface area (Å²) in [5.74, 6) is -0.806. The number of esters is 2. The number of quaternary nitrogens is 1. The summed E-state index contributed by atoms with van der Waals surface area (Å²) in [5.41, 5.74) is 0. The SMILES string of the molecule is CCCC/C=C\C/C=C\CCCCCCCC(=O)OCC(COP(=O)(O)OCC[N+](C)(C)C)OC(=O)CCCCCCCCCCCCCCCCCCCCC/C=C\C/C=C\CCCCCCC. The molecule has 404 valence electrons. The fraction of sp³-hybridized carbons (Fsp3) is 0.831. The Morgan fingerprint density at radius 2 is 0.797 bits per heavy atom. The number of unbranched alkanes of at least 4 members (excludes halogenated alkanes) is 31. The predicted octanol–water partition coefficient (Wildman–Crippen LogP) is 17.8. The molecule has 2 atom stereocenters. The number of phosphoric acid groups is 1. The van der Waals surface area contributed by atoms with Crippen LogP contribution in [0.1, 0.15) is 264 Å². The minimum Gasteiger partial charge on any atom is -0.462 e. The van der Waals surface area contributed by atoms with Crippen LogP contribution < -0.4 is 0 Å². The molecule has 0 rings (SSSR count). The first kappa shape index (κ1) is 67.0. The van der Waals surface area contributed by atoms with Gasteiger partial charge >= 0.3 is 19.8 Å². The summed E-state index contributed by atoms with van der Waals surface area (Å²) in [4.78, 5) is 35.6. The molecule has 0 aromatic carbocycles. The Morgan fingerprint density at radius 1 is 0.449 bits per heavy atom. The molecule has 0 aliphatic heterocycles. The first-order valence-electron chi connectivity index (χ1n) is 28.9. The normalized spacial score (nSPS) is 13.7. The molecule has 1 N–H and O–H groups in total. The highest BCUT2D eigenvalue weighted by atomic mass is 31.2. The maximum atomic E-state index is 12.8. The smallest absolute Gasteiger partial charge is 0.462 e. The van der Waals surface area contributed by atoms with Gasteiger partial charge < -0.3 is 18.9 Å². The van der Waals surface area contributed by atoms with Crippen molar-refractivity contribution in [3.8, 4) is 0 Å². The van der Waals surface area contributed by atoms with Crippen LogP contribution in [0, 0.1) is 0 Å². The van der Waals surface area contributed by atoms with E-state index in [9.17, 15) is 19.0 Å². The molecule has 0 amide bonds. The topological polar surface area (TPSA) is 108 Å². The molecule has 0 aromatic rings. The summed E-state index contributed by atoms with van der Waals surface area (Å²) in [5, 5.41) is 0. The minimum atomic E-state index is -4.38. The summed E-state index contributed by atoms with van der Waals surface area (Å²) in [7, 11) is 1.47. The molecule has 9 nitrogen and oxygen atoms in total. The van der Waals surface area contributed by atoms with Crippen molar-refractivity contribution >= 4 is 19.8 Å². The predicted molar refractivity (Wildman–Crippen MR) is 293 cm³/mol. The van der Waals surface area contributed by atoms with Gasteiger partial charge in [0.15, 0.2) is 6.10 Å². The van der Waals surface area contributed by atoms with E-state index in [0.717, 1.165) is 64.2 Å². The molecule has 0 spiro atoms. The molecule has 0 heterocycles. The van der Waals surface area contributed by atoms with Crippen molar-refractivity contribution in [3.63, 3.8) is 0 Å². The Hall–Kier alpha value is -2.03. The fourth-order valence-electron chi connectivity index (χ4n) is 8.06. The third kappa shape index (κ3) is 55.1. The molecule has 2 unspecified atom stereocenters. The van der Waals surface area contributed by atoms with E-state index in [1.54, 1.807) is 0 Å². The number of hydrogen-bond acceptors (Lipinski definition) is 7. The average Bonchev–Trinajstić information content (AvgIpc) is 3.31. The third-order valence-corrected chi connectivity index (χ3v) is 13.6. The molecule has 0 saturated carbocycles. The van der Waals surface area contributed by atoms with Gasteiger partial charge in [-0.05, 0) is 70.6 Å². The second kappa shape index (κ2) is 50.9. The number of ether oxygens (including phenoxy) is 2. The van der Waals surface area contributed by atoms with Gasteiger partial charge in [-0.15, -0.1) is 0 Å². The van der Waals surface area contributed by atoms with Crippen LogP contribution in [0.4, 0.5) is 0 Å². The first-order chi connectivity index (χ1) is 33.5. The van der Waals surface area contributed by atoms with Gasteiger partial charge in [-0.2, -0.15) is 0 Å². The van der Waals surface area contributed by atoms with E-state index in [1.165, 1.54) is 167 Å². The number of phosphoric ester groups is 1. The highest BCUT2D eigenvalue weighted by molar-refractivity contribution is 7.47. The van der Waals surface area contributed by atoms with Crippen molar-refractivity contribution in [1.29, 1.82) is 0 Å². The summed E-state index contributed by atoms with van der Waals surface area (Å²) < 4.78 is 34.5. The summed E-state index contributed by atoms with van der Waals surface area (Å²) in [6.45, 7) is 4.39. The molecule has 0 bridgehead atoms. The number of carbonyl (C=O) groups excluding carboxylic acids is 2. The van der Waals surface area contributed by atoms with Crippen molar-refractivity contribution in [1.82, 2.24) is 0 Å². The van der Waals surface area contributed by atoms with Crippen molar-refractivity contribution in [2.75, 3.05) is 47.5 Å². The largest absolute Gasteiger partial charge is 0.472 e. The molecule has 0 fully saturated rings. The van der Waals surface area contributed by atoms with Crippen LogP contribution in [0.5, 0.6) is 0 Å².